The fourth-order valence-electron chi connectivity index (χ4n) is 5.25. The van der Waals surface area contributed by atoms with Crippen LogP contribution in [0.3, 0.4) is 0 Å². The van der Waals surface area contributed by atoms with Crippen molar-refractivity contribution in [3.8, 4) is 11.5 Å². The molecule has 0 spiro atoms. The van der Waals surface area contributed by atoms with Crippen molar-refractivity contribution in [1.29, 1.82) is 0 Å². The number of aromatic nitrogens is 2. The summed E-state index contributed by atoms with van der Waals surface area (Å²) in [5, 5.41) is 0. The predicted molar refractivity (Wildman–Crippen MR) is 138 cm³/mol. The predicted octanol–water partition coefficient (Wildman–Crippen LogP) is 6.42. The van der Waals surface area contributed by atoms with Crippen LogP contribution in [-0.2, 0) is 12.0 Å². The third-order valence-electron chi connectivity index (χ3n) is 7.05. The SMILES string of the molecule is CCCCN(C(C)n1ccnc1)C(Cc1ccc2c(c1)OCO2)(c1ccccc1)c1ccccc1. The fraction of sp³-hybridized carbons (Fsp3) is 0.300. The molecule has 0 N–H and O–H groups in total. The topological polar surface area (TPSA) is 39.5 Å². The zero-order chi connectivity index (χ0) is 24.1. The molecular formula is C30H33N3O2. The van der Waals surface area contributed by atoms with Gasteiger partial charge in [-0.25, -0.2) is 4.98 Å². The van der Waals surface area contributed by atoms with Crippen LogP contribution in [0.4, 0.5) is 0 Å². The molecule has 0 aliphatic carbocycles. The van der Waals surface area contributed by atoms with Gasteiger partial charge in [0.15, 0.2) is 11.5 Å². The molecule has 3 aromatic carbocycles. The summed E-state index contributed by atoms with van der Waals surface area (Å²) in [4.78, 5) is 7.01. The first-order valence-corrected chi connectivity index (χ1v) is 12.5. The lowest BCUT2D eigenvalue weighted by Crippen LogP contribution is -2.51. The van der Waals surface area contributed by atoms with Crippen LogP contribution in [0.25, 0.3) is 0 Å². The molecule has 1 aliphatic rings. The summed E-state index contributed by atoms with van der Waals surface area (Å²) >= 11 is 0. The van der Waals surface area contributed by atoms with Crippen molar-refractivity contribution in [3.05, 3.63) is 114 Å². The molecule has 180 valence electrons. The van der Waals surface area contributed by atoms with Crippen LogP contribution < -0.4 is 9.47 Å². The van der Waals surface area contributed by atoms with E-state index in [1.54, 1.807) is 0 Å². The molecule has 0 saturated carbocycles. The van der Waals surface area contributed by atoms with Crippen molar-refractivity contribution >= 4 is 0 Å². The van der Waals surface area contributed by atoms with Crippen LogP contribution >= 0.6 is 0 Å². The van der Waals surface area contributed by atoms with Crippen molar-refractivity contribution in [1.82, 2.24) is 14.5 Å². The van der Waals surface area contributed by atoms with Gasteiger partial charge < -0.3 is 14.0 Å². The zero-order valence-electron chi connectivity index (χ0n) is 20.5. The summed E-state index contributed by atoms with van der Waals surface area (Å²) in [5.41, 5.74) is 3.34. The van der Waals surface area contributed by atoms with Crippen LogP contribution in [0.5, 0.6) is 11.5 Å². The number of ether oxygens (including phenoxy) is 2. The van der Waals surface area contributed by atoms with Gasteiger partial charge in [-0.1, -0.05) is 80.1 Å². The molecule has 0 amide bonds. The van der Waals surface area contributed by atoms with Gasteiger partial charge in [-0.2, -0.15) is 0 Å². The van der Waals surface area contributed by atoms with E-state index in [0.717, 1.165) is 37.3 Å². The minimum atomic E-state index is -0.408. The Labute approximate surface area is 208 Å². The van der Waals surface area contributed by atoms with E-state index in [4.69, 9.17) is 9.47 Å². The zero-order valence-corrected chi connectivity index (χ0v) is 20.5. The maximum Gasteiger partial charge on any atom is 0.231 e. The van der Waals surface area contributed by atoms with Crippen LogP contribution in [0.15, 0.2) is 97.6 Å². The largest absolute Gasteiger partial charge is 0.454 e. The molecule has 2 heterocycles. The number of hydrogen-bond acceptors (Lipinski definition) is 4. The number of rotatable bonds is 10. The highest BCUT2D eigenvalue weighted by molar-refractivity contribution is 5.47. The molecule has 1 aromatic heterocycles. The lowest BCUT2D eigenvalue weighted by atomic mass is 9.76. The van der Waals surface area contributed by atoms with E-state index < -0.39 is 5.54 Å². The lowest BCUT2D eigenvalue weighted by Gasteiger charge is -2.48. The van der Waals surface area contributed by atoms with Gasteiger partial charge in [0, 0.05) is 18.9 Å². The van der Waals surface area contributed by atoms with Gasteiger partial charge in [-0.05, 0) is 48.6 Å². The number of unbranched alkanes of at least 4 members (excludes halogenated alkanes) is 1. The standard InChI is InChI=1S/C30H33N3O2/c1-3-4-18-33(24(2)32-19-17-31-22-32)30(26-11-7-5-8-12-26,27-13-9-6-10-14-27)21-25-15-16-28-29(20-25)35-23-34-28/h5-17,19-20,22,24H,3-4,18,21,23H2,1-2H3. The van der Waals surface area contributed by atoms with Crippen LogP contribution in [0.1, 0.15) is 49.5 Å². The Morgan fingerprint density at radius 1 is 0.943 bits per heavy atom. The molecule has 0 saturated heterocycles. The van der Waals surface area contributed by atoms with Crippen molar-refractivity contribution in [2.45, 2.75) is 44.8 Å². The second kappa shape index (κ2) is 10.4. The summed E-state index contributed by atoms with van der Waals surface area (Å²) in [6.45, 7) is 5.76. The number of imidazole rings is 1. The van der Waals surface area contributed by atoms with Crippen molar-refractivity contribution in [3.63, 3.8) is 0 Å². The molecule has 5 heteroatoms. The highest BCUT2D eigenvalue weighted by atomic mass is 16.7. The Balaban J connectivity index is 1.72. The highest BCUT2D eigenvalue weighted by Crippen LogP contribution is 2.44. The molecule has 1 atom stereocenters. The minimum absolute atomic E-state index is 0.0958. The van der Waals surface area contributed by atoms with Crippen LogP contribution in [0, 0.1) is 0 Å². The summed E-state index contributed by atoms with van der Waals surface area (Å²) in [6.07, 6.45) is 8.95. The Bertz CT molecular complexity index is 1170. The number of nitrogens with zero attached hydrogens (tertiary/aromatic N) is 3. The molecule has 1 aliphatic heterocycles. The first-order chi connectivity index (χ1) is 17.2. The average molecular weight is 468 g/mol. The Morgan fingerprint density at radius 3 is 2.26 bits per heavy atom. The summed E-state index contributed by atoms with van der Waals surface area (Å²) in [6, 6.07) is 28.2. The van der Waals surface area contributed by atoms with Gasteiger partial charge in [0.2, 0.25) is 6.79 Å². The molecule has 1 unspecified atom stereocenters. The van der Waals surface area contributed by atoms with E-state index in [0.29, 0.717) is 0 Å². The summed E-state index contributed by atoms with van der Waals surface area (Å²) in [5.74, 6) is 1.63. The average Bonchev–Trinajstić information content (AvgIpc) is 3.61. The second-order valence-corrected chi connectivity index (χ2v) is 9.15. The van der Waals surface area contributed by atoms with Gasteiger partial charge in [-0.3, -0.25) is 4.90 Å². The Hall–Kier alpha value is -3.57. The van der Waals surface area contributed by atoms with Gasteiger partial charge in [0.1, 0.15) is 0 Å². The van der Waals surface area contributed by atoms with Gasteiger partial charge in [0.25, 0.3) is 0 Å². The molecule has 5 rings (SSSR count). The summed E-state index contributed by atoms with van der Waals surface area (Å²) < 4.78 is 13.6. The number of fused-ring (bicyclic) bond motifs is 1. The van der Waals surface area contributed by atoms with Crippen LogP contribution in [0.2, 0.25) is 0 Å². The maximum atomic E-state index is 5.75. The molecule has 0 bridgehead atoms. The van der Waals surface area contributed by atoms with E-state index in [1.807, 2.05) is 18.6 Å². The van der Waals surface area contributed by atoms with E-state index in [2.05, 4.69) is 107 Å². The first kappa shape index (κ1) is 23.2. The molecule has 35 heavy (non-hydrogen) atoms. The Kier molecular flexibility index (Phi) is 6.87. The van der Waals surface area contributed by atoms with E-state index in [-0.39, 0.29) is 13.0 Å². The van der Waals surface area contributed by atoms with Gasteiger partial charge >= 0.3 is 0 Å². The number of benzene rings is 3. The van der Waals surface area contributed by atoms with Crippen molar-refractivity contribution < 1.29 is 9.47 Å². The minimum Gasteiger partial charge on any atom is -0.454 e. The van der Waals surface area contributed by atoms with E-state index >= 15 is 0 Å². The Morgan fingerprint density at radius 2 is 1.63 bits per heavy atom. The molecule has 0 fully saturated rings. The quantitative estimate of drug-likeness (QED) is 0.270. The maximum absolute atomic E-state index is 5.75. The first-order valence-electron chi connectivity index (χ1n) is 12.5. The summed E-state index contributed by atoms with van der Waals surface area (Å²) in [7, 11) is 0. The monoisotopic (exact) mass is 467 g/mol. The lowest BCUT2D eigenvalue weighted by molar-refractivity contribution is 0.0387. The molecule has 4 aromatic rings. The third kappa shape index (κ3) is 4.56. The normalized spacial score (nSPS) is 13.8. The molecular weight excluding hydrogens is 434 g/mol. The smallest absolute Gasteiger partial charge is 0.231 e. The van der Waals surface area contributed by atoms with E-state index in [1.165, 1.54) is 16.7 Å². The fourth-order valence-corrected chi connectivity index (χ4v) is 5.25. The van der Waals surface area contributed by atoms with Crippen LogP contribution in [-0.4, -0.2) is 27.8 Å². The molecule has 5 nitrogen and oxygen atoms in total. The molecule has 0 radical (unpaired) electrons. The second-order valence-electron chi connectivity index (χ2n) is 9.15. The van der Waals surface area contributed by atoms with Crippen molar-refractivity contribution in [2.24, 2.45) is 0 Å². The highest BCUT2D eigenvalue weighted by Gasteiger charge is 2.43. The van der Waals surface area contributed by atoms with Crippen molar-refractivity contribution in [2.75, 3.05) is 13.3 Å². The third-order valence-corrected chi connectivity index (χ3v) is 7.05. The van der Waals surface area contributed by atoms with Gasteiger partial charge in [0.05, 0.1) is 18.0 Å². The van der Waals surface area contributed by atoms with E-state index in [9.17, 15) is 0 Å². The number of hydrogen-bond donors (Lipinski definition) is 0. The van der Waals surface area contributed by atoms with Gasteiger partial charge in [-0.15, -0.1) is 0 Å².